The van der Waals surface area contributed by atoms with Crippen LogP contribution in [0.5, 0.6) is 0 Å². The molecule has 0 aromatic carbocycles. The van der Waals surface area contributed by atoms with Crippen molar-refractivity contribution in [3.05, 3.63) is 0 Å². The fraction of sp³-hybridized carbons (Fsp3) is 1.00. The zero-order valence-electron chi connectivity index (χ0n) is 12.0. The summed E-state index contributed by atoms with van der Waals surface area (Å²) in [5.41, 5.74) is 1.15. The molecular weight excluding hydrogens is 184 g/mol. The number of hydrogen-bond donors (Lipinski definition) is 0. The Kier molecular flexibility index (Phi) is 3.42. The third kappa shape index (κ3) is 2.08. The predicted molar refractivity (Wildman–Crippen MR) is 71.0 cm³/mol. The van der Waals surface area contributed by atoms with Crippen LogP contribution >= 0.6 is 0 Å². The Bertz CT molecular complexity index is 159. The highest BCUT2D eigenvalue weighted by Crippen LogP contribution is 2.64. The molecule has 0 unspecified atom stereocenters. The van der Waals surface area contributed by atoms with Crippen molar-refractivity contribution in [1.82, 2.24) is 0 Å². The third-order valence-electron chi connectivity index (χ3n) is 4.50. The van der Waals surface area contributed by atoms with Crippen molar-refractivity contribution in [3.8, 4) is 0 Å². The minimum Gasteiger partial charge on any atom is -0.0599 e. The second-order valence-corrected chi connectivity index (χ2v) is 9.38. The maximum absolute atomic E-state index is 2.40. The van der Waals surface area contributed by atoms with Gasteiger partial charge in [0, 0.05) is 10.2 Å². The Hall–Kier alpha value is 0.217. The van der Waals surface area contributed by atoms with E-state index in [1.165, 1.54) is 10.2 Å². The second-order valence-electron chi connectivity index (χ2n) is 7.88. The molecule has 0 amide bonds. The summed E-state index contributed by atoms with van der Waals surface area (Å²) in [5, 5.41) is 0.451. The van der Waals surface area contributed by atoms with Gasteiger partial charge in [-0.2, -0.15) is 0 Å². The Morgan fingerprint density at radius 2 is 0.643 bits per heavy atom. The lowest BCUT2D eigenvalue weighted by Crippen LogP contribution is -2.49. The molecule has 0 radical (unpaired) electrons. The van der Waals surface area contributed by atoms with Crippen molar-refractivity contribution in [1.29, 1.82) is 0 Å². The van der Waals surface area contributed by atoms with E-state index >= 15 is 0 Å². The zero-order chi connectivity index (χ0) is 12.0. The summed E-state index contributed by atoms with van der Waals surface area (Å²) in [6.45, 7) is 21.6. The molecule has 0 fully saturated rings. The summed E-state index contributed by atoms with van der Waals surface area (Å²) in [6, 6.07) is 0. The molecular formula is C13H30Si. The van der Waals surface area contributed by atoms with E-state index < -0.39 is 0 Å². The van der Waals surface area contributed by atoms with E-state index in [-0.39, 0.29) is 0 Å². The minimum atomic E-state index is 0.385. The first-order valence-corrected chi connectivity index (χ1v) is 6.75. The standard InChI is InChI=1S/C13H30Si/c1-10(2,3)13(14,11(4,5)6)12(7,8)9/h1-9,14H3. The molecule has 0 atom stereocenters. The Balaban J connectivity index is 5.54. The Labute approximate surface area is 94.3 Å². The van der Waals surface area contributed by atoms with Crippen LogP contribution in [0.15, 0.2) is 0 Å². The fourth-order valence-corrected chi connectivity index (χ4v) is 3.38. The molecule has 86 valence electrons. The molecule has 0 spiro atoms. The van der Waals surface area contributed by atoms with Crippen molar-refractivity contribution in [2.45, 2.75) is 67.4 Å². The lowest BCUT2D eigenvalue weighted by atomic mass is 9.55. The van der Waals surface area contributed by atoms with Gasteiger partial charge in [-0.25, -0.2) is 0 Å². The van der Waals surface area contributed by atoms with Crippen molar-refractivity contribution in [3.63, 3.8) is 0 Å². The predicted octanol–water partition coefficient (Wildman–Crippen LogP) is 3.65. The highest BCUT2D eigenvalue weighted by Gasteiger charge is 2.53. The average molecular weight is 214 g/mol. The van der Waals surface area contributed by atoms with Gasteiger partial charge >= 0.3 is 0 Å². The molecule has 0 aliphatic carbocycles. The SMILES string of the molecule is CC(C)(C)C([SiH3])(C(C)(C)C)C(C)(C)C. The molecule has 14 heavy (non-hydrogen) atoms. The highest BCUT2D eigenvalue weighted by atomic mass is 28.1. The maximum atomic E-state index is 2.40. The van der Waals surface area contributed by atoms with Gasteiger partial charge in [0.2, 0.25) is 0 Å². The van der Waals surface area contributed by atoms with Gasteiger partial charge in [-0.1, -0.05) is 62.3 Å². The molecule has 0 N–H and O–H groups in total. The first kappa shape index (κ1) is 14.2. The maximum Gasteiger partial charge on any atom is 0.0127 e. The largest absolute Gasteiger partial charge is 0.0599 e. The zero-order valence-corrected chi connectivity index (χ0v) is 14.0. The lowest BCUT2D eigenvalue weighted by Gasteiger charge is -2.59. The first-order chi connectivity index (χ1) is 5.75. The van der Waals surface area contributed by atoms with Crippen LogP contribution in [0.2, 0.25) is 5.04 Å². The molecule has 0 saturated heterocycles. The second kappa shape index (κ2) is 3.36. The molecule has 0 heterocycles. The molecule has 0 aromatic heterocycles. The quantitative estimate of drug-likeness (QED) is 0.540. The Morgan fingerprint density at radius 3 is 0.643 bits per heavy atom. The van der Waals surface area contributed by atoms with Gasteiger partial charge in [0.15, 0.2) is 0 Å². The monoisotopic (exact) mass is 214 g/mol. The molecule has 0 aliphatic rings. The van der Waals surface area contributed by atoms with Gasteiger partial charge in [0.05, 0.1) is 0 Å². The van der Waals surface area contributed by atoms with E-state index in [0.717, 1.165) is 0 Å². The van der Waals surface area contributed by atoms with Gasteiger partial charge < -0.3 is 0 Å². The van der Waals surface area contributed by atoms with Gasteiger partial charge in [0.25, 0.3) is 0 Å². The van der Waals surface area contributed by atoms with Crippen LogP contribution in [-0.2, 0) is 0 Å². The van der Waals surface area contributed by atoms with E-state index in [1.807, 2.05) is 0 Å². The van der Waals surface area contributed by atoms with E-state index in [2.05, 4.69) is 62.3 Å². The van der Waals surface area contributed by atoms with Gasteiger partial charge in [0.1, 0.15) is 0 Å². The molecule has 0 aromatic rings. The number of rotatable bonds is 0. The summed E-state index contributed by atoms with van der Waals surface area (Å²) in [5.74, 6) is 0. The molecule has 0 nitrogen and oxygen atoms in total. The molecule has 0 bridgehead atoms. The highest BCUT2D eigenvalue weighted by molar-refractivity contribution is 6.17. The van der Waals surface area contributed by atoms with E-state index in [1.54, 1.807) is 0 Å². The van der Waals surface area contributed by atoms with E-state index in [4.69, 9.17) is 0 Å². The summed E-state index contributed by atoms with van der Waals surface area (Å²) < 4.78 is 0. The average Bonchev–Trinajstić information content (AvgIpc) is 1.77. The normalized spacial score (nSPS) is 16.1. The lowest BCUT2D eigenvalue weighted by molar-refractivity contribution is 0.0240. The van der Waals surface area contributed by atoms with Crippen LogP contribution in [0.3, 0.4) is 0 Å². The molecule has 0 saturated carbocycles. The van der Waals surface area contributed by atoms with Crippen LogP contribution < -0.4 is 0 Å². The molecule has 0 rings (SSSR count). The minimum absolute atomic E-state index is 0.385. The van der Waals surface area contributed by atoms with Crippen LogP contribution in [0.4, 0.5) is 0 Å². The summed E-state index contributed by atoms with van der Waals surface area (Å²) >= 11 is 0. The first-order valence-electron chi connectivity index (χ1n) is 5.75. The van der Waals surface area contributed by atoms with Crippen molar-refractivity contribution in [2.75, 3.05) is 0 Å². The van der Waals surface area contributed by atoms with Crippen LogP contribution in [0, 0.1) is 16.2 Å². The van der Waals surface area contributed by atoms with Crippen molar-refractivity contribution >= 4 is 10.2 Å². The van der Waals surface area contributed by atoms with Gasteiger partial charge in [-0.05, 0) is 21.3 Å². The summed E-state index contributed by atoms with van der Waals surface area (Å²) in [6.07, 6.45) is 0. The van der Waals surface area contributed by atoms with E-state index in [0.29, 0.717) is 21.3 Å². The summed E-state index contributed by atoms with van der Waals surface area (Å²) in [7, 11) is 1.25. The van der Waals surface area contributed by atoms with Gasteiger partial charge in [-0.3, -0.25) is 0 Å². The Morgan fingerprint density at radius 1 is 0.500 bits per heavy atom. The fourth-order valence-electron chi connectivity index (χ4n) is 3.38. The summed E-state index contributed by atoms with van der Waals surface area (Å²) in [4.78, 5) is 0. The smallest absolute Gasteiger partial charge is 0.0127 e. The molecule has 0 aliphatic heterocycles. The topological polar surface area (TPSA) is 0 Å². The van der Waals surface area contributed by atoms with Crippen LogP contribution in [-0.4, -0.2) is 10.2 Å². The van der Waals surface area contributed by atoms with E-state index in [9.17, 15) is 0 Å². The van der Waals surface area contributed by atoms with Crippen molar-refractivity contribution < 1.29 is 0 Å². The van der Waals surface area contributed by atoms with Crippen molar-refractivity contribution in [2.24, 2.45) is 16.2 Å². The third-order valence-corrected chi connectivity index (χ3v) is 9.00. The number of hydrogen-bond acceptors (Lipinski definition) is 0. The van der Waals surface area contributed by atoms with Crippen LogP contribution in [0.1, 0.15) is 62.3 Å². The van der Waals surface area contributed by atoms with Crippen LogP contribution in [0.25, 0.3) is 0 Å². The van der Waals surface area contributed by atoms with Gasteiger partial charge in [-0.15, -0.1) is 0 Å². The molecule has 1 heteroatoms.